The van der Waals surface area contributed by atoms with Gasteiger partial charge < -0.3 is 0 Å². The first kappa shape index (κ1) is 31.7. The number of pyridine rings is 2. The predicted octanol–water partition coefficient (Wildman–Crippen LogP) is 13.8. The van der Waals surface area contributed by atoms with Crippen LogP contribution in [-0.2, 0) is 0 Å². The number of benzene rings is 8. The number of nitrogens with zero attached hydrogens (tertiary/aromatic N) is 3. The molecule has 4 heteroatoms. The summed E-state index contributed by atoms with van der Waals surface area (Å²) in [5.74, 6) is 0. The molecule has 0 atom stereocenters. The van der Waals surface area contributed by atoms with E-state index in [2.05, 4.69) is 187 Å². The van der Waals surface area contributed by atoms with Crippen LogP contribution in [0.2, 0.25) is 0 Å². The summed E-state index contributed by atoms with van der Waals surface area (Å²) in [7, 11) is 0. The Kier molecular flexibility index (Phi) is 7.05. The van der Waals surface area contributed by atoms with Gasteiger partial charge in [0.1, 0.15) is 0 Å². The topological polar surface area (TPSA) is 30.7 Å². The molecule has 0 saturated carbocycles. The molecule has 1 aliphatic heterocycles. The van der Waals surface area contributed by atoms with Crippen molar-refractivity contribution in [2.45, 2.75) is 0 Å². The minimum absolute atomic E-state index is 0.935. The van der Waals surface area contributed by atoms with Gasteiger partial charge in [0, 0.05) is 6.20 Å². The fourth-order valence-electron chi connectivity index (χ4n) is 8.86. The molecule has 0 spiro atoms. The van der Waals surface area contributed by atoms with E-state index in [1.165, 1.54) is 71.6 Å². The fourth-order valence-corrected chi connectivity index (χ4v) is 15.5. The van der Waals surface area contributed by atoms with Gasteiger partial charge in [-0.25, -0.2) is 0 Å². The Morgan fingerprint density at radius 2 is 1.23 bits per heavy atom. The summed E-state index contributed by atoms with van der Waals surface area (Å²) in [6.45, 7) is 0. The quantitative estimate of drug-likeness (QED) is 0.101. The average Bonchev–Trinajstić information content (AvgIpc) is 3.79. The van der Waals surface area contributed by atoms with E-state index in [4.69, 9.17) is 9.97 Å². The second-order valence-corrected chi connectivity index (χ2v) is 19.5. The van der Waals surface area contributed by atoms with E-state index in [0.717, 1.165) is 32.7 Å². The zero-order valence-corrected chi connectivity index (χ0v) is 32.4. The van der Waals surface area contributed by atoms with Crippen LogP contribution in [0.25, 0.3) is 93.6 Å². The molecule has 11 aromatic rings. The molecule has 3 aromatic heterocycles. The number of hydrogen-bond donors (Lipinski definition) is 0. The molecule has 0 amide bonds. The van der Waals surface area contributed by atoms with Crippen LogP contribution >= 0.6 is 19.8 Å². The number of rotatable bonds is 4. The third kappa shape index (κ3) is 4.69. The van der Waals surface area contributed by atoms with Crippen molar-refractivity contribution in [3.8, 4) is 39.1 Å². The molecule has 0 saturated heterocycles. The van der Waals surface area contributed by atoms with Gasteiger partial charge in [0.25, 0.3) is 0 Å². The maximum atomic E-state index is 5.15. The van der Waals surface area contributed by atoms with Crippen molar-refractivity contribution in [3.05, 3.63) is 205 Å². The first-order valence-corrected chi connectivity index (χ1v) is 22.2. The fraction of sp³-hybridized carbons (Fsp3) is 0. The molecule has 0 aliphatic carbocycles. The van der Waals surface area contributed by atoms with Crippen molar-refractivity contribution in [3.63, 3.8) is 0 Å². The number of halogens is 1. The molecule has 262 valence electrons. The van der Waals surface area contributed by atoms with E-state index in [1.807, 2.05) is 12.3 Å². The Morgan fingerprint density at radius 1 is 0.464 bits per heavy atom. The normalized spacial score (nSPS) is 12.9. The van der Waals surface area contributed by atoms with Crippen LogP contribution in [0.1, 0.15) is 0 Å². The number of aromatic nitrogens is 3. The van der Waals surface area contributed by atoms with Crippen LogP contribution in [0.4, 0.5) is 0 Å². The molecular formula is C52H32IN3. The van der Waals surface area contributed by atoms with Gasteiger partial charge in [0.2, 0.25) is 0 Å². The Morgan fingerprint density at radius 3 is 2.14 bits per heavy atom. The van der Waals surface area contributed by atoms with Crippen LogP contribution in [0, 0.1) is 10.7 Å². The summed E-state index contributed by atoms with van der Waals surface area (Å²) in [6.07, 6.45) is 1.86. The Balaban J connectivity index is 1.02. The van der Waals surface area contributed by atoms with Gasteiger partial charge in [0.15, 0.2) is 0 Å². The molecule has 0 bridgehead atoms. The van der Waals surface area contributed by atoms with Gasteiger partial charge in [-0.2, -0.15) is 0 Å². The van der Waals surface area contributed by atoms with Crippen molar-refractivity contribution < 1.29 is 0 Å². The van der Waals surface area contributed by atoms with E-state index >= 15 is 0 Å². The Hall–Kier alpha value is -6.63. The first-order chi connectivity index (χ1) is 27.8. The van der Waals surface area contributed by atoms with Crippen LogP contribution in [-0.4, -0.2) is 14.5 Å². The molecule has 8 aromatic carbocycles. The average molecular weight is 826 g/mol. The second kappa shape index (κ2) is 12.4. The van der Waals surface area contributed by atoms with Crippen molar-refractivity contribution >= 4 is 74.3 Å². The van der Waals surface area contributed by atoms with Gasteiger partial charge >= 0.3 is 315 Å². The number of fused-ring (bicyclic) bond motifs is 11. The van der Waals surface area contributed by atoms with E-state index < -0.39 is 19.8 Å². The molecule has 0 unspecified atom stereocenters. The van der Waals surface area contributed by atoms with Crippen LogP contribution < -0.4 is 0 Å². The van der Waals surface area contributed by atoms with Gasteiger partial charge in [-0.3, -0.25) is 0 Å². The van der Waals surface area contributed by atoms with Gasteiger partial charge in [-0.15, -0.1) is 0 Å². The summed E-state index contributed by atoms with van der Waals surface area (Å²) in [5.41, 5.74) is 14.2. The molecule has 0 N–H and O–H groups in total. The summed E-state index contributed by atoms with van der Waals surface area (Å²) in [5, 5.41) is 5.99. The summed E-state index contributed by atoms with van der Waals surface area (Å²) in [4.78, 5) is 9.92. The second-order valence-electron chi connectivity index (χ2n) is 14.4. The first-order valence-electron chi connectivity index (χ1n) is 19.0. The predicted molar refractivity (Wildman–Crippen MR) is 242 cm³/mol. The molecular weight excluding hydrogens is 793 g/mol. The van der Waals surface area contributed by atoms with Crippen molar-refractivity contribution in [2.24, 2.45) is 0 Å². The van der Waals surface area contributed by atoms with Gasteiger partial charge in [0.05, 0.1) is 0 Å². The molecule has 12 rings (SSSR count). The molecule has 0 radical (unpaired) electrons. The van der Waals surface area contributed by atoms with Gasteiger partial charge in [-0.05, 0) is 6.07 Å². The van der Waals surface area contributed by atoms with Crippen LogP contribution in [0.15, 0.2) is 194 Å². The van der Waals surface area contributed by atoms with Crippen LogP contribution in [0.5, 0.6) is 0 Å². The molecule has 3 nitrogen and oxygen atoms in total. The maximum absolute atomic E-state index is 5.15. The summed E-state index contributed by atoms with van der Waals surface area (Å²) in [6, 6.07) is 69.2. The van der Waals surface area contributed by atoms with Crippen molar-refractivity contribution in [2.75, 3.05) is 0 Å². The third-order valence-corrected chi connectivity index (χ3v) is 17.6. The third-order valence-electron chi connectivity index (χ3n) is 11.3. The molecule has 1 aliphatic rings. The number of para-hydroxylation sites is 3. The van der Waals surface area contributed by atoms with E-state index in [0.29, 0.717) is 0 Å². The number of hydrogen-bond acceptors (Lipinski definition) is 2. The molecule has 56 heavy (non-hydrogen) atoms. The zero-order valence-electron chi connectivity index (χ0n) is 30.2. The monoisotopic (exact) mass is 825 g/mol. The van der Waals surface area contributed by atoms with Crippen LogP contribution in [0.3, 0.4) is 0 Å². The van der Waals surface area contributed by atoms with E-state index in [9.17, 15) is 0 Å². The Labute approximate surface area is 330 Å². The molecule has 4 heterocycles. The standard InChI is InChI=1S/C52H32IN3/c1-2-15-38(16-3-1)56-47-22-9-6-18-40(47)42-30-29-41-39-17-4-7-20-45(39)53(49(41)52(42)56)37-26-23-33(24-27-37)35-12-10-13-36(32-35)48-43-19-5-8-21-46(43)55-51-44(48)28-25-34-14-11-31-54-50(34)51/h1-32H. The summed E-state index contributed by atoms with van der Waals surface area (Å²) < 4.78 is 7.01. The van der Waals surface area contributed by atoms with Gasteiger partial charge in [-0.1, -0.05) is 6.07 Å². The van der Waals surface area contributed by atoms with Crippen molar-refractivity contribution in [1.29, 1.82) is 0 Å². The van der Waals surface area contributed by atoms with Crippen molar-refractivity contribution in [1.82, 2.24) is 14.5 Å². The molecule has 0 fully saturated rings. The zero-order chi connectivity index (χ0) is 36.7. The minimum atomic E-state index is -2.13. The summed E-state index contributed by atoms with van der Waals surface area (Å²) >= 11 is -2.13. The van der Waals surface area contributed by atoms with E-state index in [-0.39, 0.29) is 0 Å². The SMILES string of the molecule is c1ccc(-n2c3ccccc3c3ccc4c(c32)I(c2ccc(-c3cccc(-c5c6ccccc6nc6c5ccc5cccnc56)c3)cc2)c2ccccc2-4)cc1. The van der Waals surface area contributed by atoms with E-state index in [1.54, 1.807) is 0 Å². The Bertz CT molecular complexity index is 3370.